The third-order valence-corrected chi connectivity index (χ3v) is 4.55. The van der Waals surface area contributed by atoms with Gasteiger partial charge in [0.25, 0.3) is 23.3 Å². The Morgan fingerprint density at radius 1 is 0.931 bits per heavy atom. The summed E-state index contributed by atoms with van der Waals surface area (Å²) in [6.45, 7) is 0. The van der Waals surface area contributed by atoms with Crippen molar-refractivity contribution < 1.29 is 14.4 Å². The fourth-order valence-electron chi connectivity index (χ4n) is 2.90. The van der Waals surface area contributed by atoms with E-state index in [9.17, 15) is 24.0 Å². The van der Waals surface area contributed by atoms with Gasteiger partial charge in [0.1, 0.15) is 5.69 Å². The van der Waals surface area contributed by atoms with Crippen LogP contribution in [0.5, 0.6) is 0 Å². The van der Waals surface area contributed by atoms with Gasteiger partial charge in [-0.15, -0.1) is 0 Å². The Morgan fingerprint density at radius 3 is 2.31 bits per heavy atom. The van der Waals surface area contributed by atoms with Crippen molar-refractivity contribution in [2.75, 3.05) is 10.2 Å². The van der Waals surface area contributed by atoms with Gasteiger partial charge in [-0.3, -0.25) is 24.2 Å². The number of carbonyl (C=O) groups is 3. The average molecular weight is 411 g/mol. The summed E-state index contributed by atoms with van der Waals surface area (Å²) in [6.07, 6.45) is 1.06. The maximum atomic E-state index is 12.8. The van der Waals surface area contributed by atoms with Gasteiger partial charge in [0, 0.05) is 16.8 Å². The molecule has 10 heteroatoms. The second-order valence-electron chi connectivity index (χ2n) is 6.12. The smallest absolute Gasteiger partial charge is 0.316 e. The van der Waals surface area contributed by atoms with E-state index in [4.69, 9.17) is 11.6 Å². The van der Waals surface area contributed by atoms with Crippen LogP contribution in [-0.4, -0.2) is 27.7 Å². The molecule has 1 aromatic heterocycles. The van der Waals surface area contributed by atoms with Crippen LogP contribution in [0.1, 0.15) is 31.1 Å². The minimum absolute atomic E-state index is 0.0629. The average Bonchev–Trinajstić information content (AvgIpc) is 2.95. The second kappa shape index (κ2) is 6.88. The van der Waals surface area contributed by atoms with Crippen LogP contribution in [-0.2, 0) is 0 Å². The number of H-pyrrole nitrogens is 2. The number of aromatic nitrogens is 2. The molecule has 1 aliphatic heterocycles. The minimum Gasteiger partial charge on any atom is -0.316 e. The van der Waals surface area contributed by atoms with E-state index in [0.717, 1.165) is 11.1 Å². The van der Waals surface area contributed by atoms with E-state index >= 15 is 0 Å². The first-order valence-electron chi connectivity index (χ1n) is 8.27. The molecule has 0 atom stereocenters. The number of halogens is 1. The third-order valence-electron chi connectivity index (χ3n) is 4.30. The van der Waals surface area contributed by atoms with Crippen molar-refractivity contribution in [1.82, 2.24) is 9.97 Å². The number of nitrogens with zero attached hydrogens (tertiary/aromatic N) is 1. The molecule has 0 unspecified atom stereocenters. The van der Waals surface area contributed by atoms with Crippen molar-refractivity contribution in [3.05, 3.63) is 91.2 Å². The first kappa shape index (κ1) is 18.4. The molecule has 0 saturated heterocycles. The summed E-state index contributed by atoms with van der Waals surface area (Å²) in [6, 6.07) is 10.2. The van der Waals surface area contributed by atoms with Crippen LogP contribution in [0, 0.1) is 0 Å². The third kappa shape index (κ3) is 3.23. The molecule has 1 aliphatic rings. The van der Waals surface area contributed by atoms with Crippen molar-refractivity contribution in [2.24, 2.45) is 0 Å². The zero-order valence-corrected chi connectivity index (χ0v) is 15.2. The summed E-state index contributed by atoms with van der Waals surface area (Å²) in [5.41, 5.74) is -1.02. The fraction of sp³-hybridized carbons (Fsp3) is 0. The maximum Gasteiger partial charge on any atom is 0.325 e. The van der Waals surface area contributed by atoms with Crippen LogP contribution in [0.4, 0.5) is 11.4 Å². The Labute approximate surface area is 166 Å². The number of hydrogen-bond acceptors (Lipinski definition) is 5. The zero-order valence-electron chi connectivity index (χ0n) is 14.5. The zero-order chi connectivity index (χ0) is 20.7. The molecule has 144 valence electrons. The molecule has 0 fully saturated rings. The molecule has 3 amide bonds. The minimum atomic E-state index is -0.775. The molecule has 0 radical (unpaired) electrons. The Hall–Kier alpha value is -3.98. The molecular weight excluding hydrogens is 400 g/mol. The Balaban J connectivity index is 1.65. The number of imide groups is 1. The van der Waals surface area contributed by atoms with Crippen LogP contribution in [0.2, 0.25) is 5.02 Å². The van der Waals surface area contributed by atoms with Crippen molar-refractivity contribution in [3.8, 4) is 0 Å². The highest BCUT2D eigenvalue weighted by molar-refractivity contribution is 6.35. The van der Waals surface area contributed by atoms with Gasteiger partial charge in [0.05, 0.1) is 16.8 Å². The summed E-state index contributed by atoms with van der Waals surface area (Å²) in [7, 11) is 0. The molecule has 2 heterocycles. The lowest BCUT2D eigenvalue weighted by molar-refractivity contribution is 0.0925. The van der Waals surface area contributed by atoms with Gasteiger partial charge in [-0.05, 0) is 42.5 Å². The van der Waals surface area contributed by atoms with Gasteiger partial charge < -0.3 is 10.3 Å². The molecule has 4 rings (SSSR count). The van der Waals surface area contributed by atoms with Gasteiger partial charge in [-0.1, -0.05) is 11.6 Å². The van der Waals surface area contributed by atoms with E-state index in [0.29, 0.717) is 10.7 Å². The standard InChI is InChI=1S/C19H11ClN4O5/c20-10-2-4-11(5-3-10)24-17(27)12-6-1-9(7-13(12)18(24)28)15(25)22-14-8-21-19(29)23-16(14)26/h1-8H,(H,22,25)(H2,21,23,26,29). The fourth-order valence-corrected chi connectivity index (χ4v) is 3.03. The first-order chi connectivity index (χ1) is 13.8. The molecule has 0 bridgehead atoms. The maximum absolute atomic E-state index is 12.8. The number of carbonyl (C=O) groups excluding carboxylic acids is 3. The monoisotopic (exact) mass is 410 g/mol. The van der Waals surface area contributed by atoms with Crippen LogP contribution in [0.25, 0.3) is 0 Å². The molecule has 2 aromatic carbocycles. The van der Waals surface area contributed by atoms with Crippen LogP contribution < -0.4 is 21.5 Å². The highest BCUT2D eigenvalue weighted by atomic mass is 35.5. The van der Waals surface area contributed by atoms with E-state index in [1.165, 1.54) is 18.2 Å². The number of fused-ring (bicyclic) bond motifs is 1. The number of nitrogens with one attached hydrogen (secondary N) is 3. The highest BCUT2D eigenvalue weighted by Gasteiger charge is 2.37. The van der Waals surface area contributed by atoms with Crippen LogP contribution >= 0.6 is 11.6 Å². The Bertz CT molecular complexity index is 1290. The van der Waals surface area contributed by atoms with Crippen molar-refractivity contribution in [2.45, 2.75) is 0 Å². The number of aromatic amines is 2. The molecule has 0 aliphatic carbocycles. The summed E-state index contributed by atoms with van der Waals surface area (Å²) in [5.74, 6) is -1.78. The number of rotatable bonds is 3. The quantitative estimate of drug-likeness (QED) is 0.566. The van der Waals surface area contributed by atoms with Crippen molar-refractivity contribution in [3.63, 3.8) is 0 Å². The van der Waals surface area contributed by atoms with Crippen molar-refractivity contribution in [1.29, 1.82) is 0 Å². The predicted octanol–water partition coefficient (Wildman–Crippen LogP) is 1.77. The van der Waals surface area contributed by atoms with Gasteiger partial charge in [0.15, 0.2) is 0 Å². The number of anilines is 2. The van der Waals surface area contributed by atoms with Gasteiger partial charge in [0.2, 0.25) is 0 Å². The predicted molar refractivity (Wildman–Crippen MR) is 105 cm³/mol. The van der Waals surface area contributed by atoms with Gasteiger partial charge in [-0.25, -0.2) is 9.69 Å². The van der Waals surface area contributed by atoms with Gasteiger partial charge >= 0.3 is 5.69 Å². The number of hydrogen-bond donors (Lipinski definition) is 3. The summed E-state index contributed by atoms with van der Waals surface area (Å²) >= 11 is 5.85. The number of amides is 3. The molecule has 3 N–H and O–H groups in total. The summed E-state index contributed by atoms with van der Waals surface area (Å²) in [4.78, 5) is 65.8. The Kier molecular flexibility index (Phi) is 4.36. The number of benzene rings is 2. The van der Waals surface area contributed by atoms with Crippen LogP contribution in [0.15, 0.2) is 58.3 Å². The van der Waals surface area contributed by atoms with E-state index < -0.39 is 29.0 Å². The largest absolute Gasteiger partial charge is 0.325 e. The molecule has 0 saturated carbocycles. The lowest BCUT2D eigenvalue weighted by Crippen LogP contribution is -2.29. The lowest BCUT2D eigenvalue weighted by atomic mass is 10.1. The molecule has 3 aromatic rings. The topological polar surface area (TPSA) is 132 Å². The van der Waals surface area contributed by atoms with Gasteiger partial charge in [-0.2, -0.15) is 0 Å². The SMILES string of the molecule is O=C(Nc1c[nH]c(=O)[nH]c1=O)c1ccc2c(c1)C(=O)N(c1ccc(Cl)cc1)C2=O. The van der Waals surface area contributed by atoms with E-state index in [2.05, 4.69) is 10.3 Å². The second-order valence-corrected chi connectivity index (χ2v) is 6.56. The van der Waals surface area contributed by atoms with E-state index in [-0.39, 0.29) is 22.4 Å². The van der Waals surface area contributed by atoms with Crippen LogP contribution in [0.3, 0.4) is 0 Å². The van der Waals surface area contributed by atoms with E-state index in [1.807, 2.05) is 4.98 Å². The Morgan fingerprint density at radius 2 is 1.62 bits per heavy atom. The first-order valence-corrected chi connectivity index (χ1v) is 8.65. The molecule has 0 spiro atoms. The van der Waals surface area contributed by atoms with E-state index in [1.54, 1.807) is 24.3 Å². The molecule has 29 heavy (non-hydrogen) atoms. The highest BCUT2D eigenvalue weighted by Crippen LogP contribution is 2.30. The molecule has 9 nitrogen and oxygen atoms in total. The van der Waals surface area contributed by atoms with Crippen molar-refractivity contribution >= 4 is 40.7 Å². The summed E-state index contributed by atoms with van der Waals surface area (Å²) < 4.78 is 0. The lowest BCUT2D eigenvalue weighted by Gasteiger charge is -2.13. The molecular formula is C19H11ClN4O5. The normalized spacial score (nSPS) is 12.8. The summed E-state index contributed by atoms with van der Waals surface area (Å²) in [5, 5.41) is 2.80.